The molecule has 0 aliphatic carbocycles. The number of carboxylic acids is 1. The van der Waals surface area contributed by atoms with Crippen LogP contribution >= 0.6 is 11.8 Å². The Kier molecular flexibility index (Phi) is 3.92. The van der Waals surface area contributed by atoms with Crippen LogP contribution in [0.5, 0.6) is 0 Å². The zero-order chi connectivity index (χ0) is 13.8. The number of hydrogen-bond donors (Lipinski definition) is 2. The molecule has 1 saturated heterocycles. The highest BCUT2D eigenvalue weighted by Gasteiger charge is 2.34. The van der Waals surface area contributed by atoms with E-state index in [4.69, 9.17) is 10.4 Å². The van der Waals surface area contributed by atoms with E-state index in [1.165, 1.54) is 16.7 Å². The molecule has 0 saturated carbocycles. The number of anilines is 1. The van der Waals surface area contributed by atoms with Gasteiger partial charge in [0.15, 0.2) is 0 Å². The van der Waals surface area contributed by atoms with Crippen LogP contribution in [0.15, 0.2) is 24.3 Å². The van der Waals surface area contributed by atoms with Gasteiger partial charge in [-0.2, -0.15) is 5.26 Å². The summed E-state index contributed by atoms with van der Waals surface area (Å²) in [5.74, 6) is -0.311. The van der Waals surface area contributed by atoms with Crippen LogP contribution in [0.3, 0.4) is 0 Å². The summed E-state index contributed by atoms with van der Waals surface area (Å²) in [5, 5.41) is 20.5. The predicted octanol–water partition coefficient (Wildman–Crippen LogP) is 1.55. The van der Waals surface area contributed by atoms with Crippen molar-refractivity contribution in [2.75, 3.05) is 16.9 Å². The second-order valence-electron chi connectivity index (χ2n) is 3.91. The normalized spacial score (nSPS) is 17.8. The molecule has 2 rings (SSSR count). The molecule has 0 aromatic heterocycles. The average molecular weight is 277 g/mol. The lowest BCUT2D eigenvalue weighted by Crippen LogP contribution is -2.44. The quantitative estimate of drug-likeness (QED) is 0.855. The van der Waals surface area contributed by atoms with Crippen LogP contribution in [-0.4, -0.2) is 39.7 Å². The number of carboxylic acid groups (broad SMARTS) is 1. The molecule has 0 bridgehead atoms. The molecule has 19 heavy (non-hydrogen) atoms. The number of nitrogens with one attached hydrogen (secondary N) is 1. The number of nitrogens with zero attached hydrogens (tertiary/aromatic N) is 2. The standard InChI is InChI=1S/C12H11N3O3S/c13-5-8-3-1-2-4-9(8)14-12(18)15-7-19-6-10(15)11(16)17/h1-4,10H,6-7H2,(H,14,18)(H,16,17). The van der Waals surface area contributed by atoms with Crippen molar-refractivity contribution in [2.24, 2.45) is 0 Å². The van der Waals surface area contributed by atoms with E-state index >= 15 is 0 Å². The summed E-state index contributed by atoms with van der Waals surface area (Å²) in [6.45, 7) is 0. The number of rotatable bonds is 2. The van der Waals surface area contributed by atoms with E-state index in [9.17, 15) is 9.59 Å². The molecule has 1 heterocycles. The average Bonchev–Trinajstić information content (AvgIpc) is 2.88. The summed E-state index contributed by atoms with van der Waals surface area (Å²) < 4.78 is 0. The Balaban J connectivity index is 2.13. The minimum atomic E-state index is -1.02. The highest BCUT2D eigenvalue weighted by atomic mass is 32.2. The van der Waals surface area contributed by atoms with Crippen molar-refractivity contribution in [3.63, 3.8) is 0 Å². The molecule has 1 aliphatic heterocycles. The minimum Gasteiger partial charge on any atom is -0.480 e. The summed E-state index contributed by atoms with van der Waals surface area (Å²) in [4.78, 5) is 24.3. The van der Waals surface area contributed by atoms with Gasteiger partial charge in [0.25, 0.3) is 0 Å². The number of hydrogen-bond acceptors (Lipinski definition) is 4. The summed E-state index contributed by atoms with van der Waals surface area (Å²) in [6, 6.07) is 7.24. The second kappa shape index (κ2) is 5.63. The Bertz CT molecular complexity index is 555. The molecular formula is C12H11N3O3S. The van der Waals surface area contributed by atoms with Crippen LogP contribution in [0.25, 0.3) is 0 Å². The van der Waals surface area contributed by atoms with E-state index in [0.29, 0.717) is 22.9 Å². The van der Waals surface area contributed by atoms with Crippen LogP contribution < -0.4 is 5.32 Å². The molecule has 1 atom stereocenters. The van der Waals surface area contributed by atoms with Crippen LogP contribution in [0.2, 0.25) is 0 Å². The number of aliphatic carboxylic acids is 1. The number of urea groups is 1. The minimum absolute atomic E-state index is 0.331. The van der Waals surface area contributed by atoms with E-state index in [2.05, 4.69) is 5.32 Å². The number of thioether (sulfide) groups is 1. The van der Waals surface area contributed by atoms with Gasteiger partial charge in [0.2, 0.25) is 0 Å². The van der Waals surface area contributed by atoms with Gasteiger partial charge < -0.3 is 15.3 Å². The molecule has 1 aromatic rings. The van der Waals surface area contributed by atoms with Gasteiger partial charge in [-0.25, -0.2) is 9.59 Å². The SMILES string of the molecule is N#Cc1ccccc1NC(=O)N1CSCC1C(=O)O. The van der Waals surface area contributed by atoms with Crippen LogP contribution in [0, 0.1) is 11.3 Å². The molecule has 6 nitrogen and oxygen atoms in total. The van der Waals surface area contributed by atoms with Crippen molar-refractivity contribution < 1.29 is 14.7 Å². The molecule has 2 amide bonds. The molecular weight excluding hydrogens is 266 g/mol. The first-order valence-electron chi connectivity index (χ1n) is 5.51. The number of amides is 2. The number of para-hydroxylation sites is 1. The van der Waals surface area contributed by atoms with E-state index in [1.54, 1.807) is 24.3 Å². The lowest BCUT2D eigenvalue weighted by molar-refractivity contribution is -0.140. The van der Waals surface area contributed by atoms with E-state index in [-0.39, 0.29) is 0 Å². The first kappa shape index (κ1) is 13.2. The molecule has 1 fully saturated rings. The number of carbonyl (C=O) groups excluding carboxylic acids is 1. The molecule has 0 radical (unpaired) electrons. The van der Waals surface area contributed by atoms with Crippen molar-refractivity contribution in [1.82, 2.24) is 4.90 Å². The topological polar surface area (TPSA) is 93.4 Å². The molecule has 0 spiro atoms. The Labute approximate surface area is 114 Å². The fourth-order valence-electron chi connectivity index (χ4n) is 1.72. The van der Waals surface area contributed by atoms with Crippen LogP contribution in [0.1, 0.15) is 5.56 Å². The van der Waals surface area contributed by atoms with Gasteiger partial charge in [0, 0.05) is 5.75 Å². The maximum absolute atomic E-state index is 12.0. The van der Waals surface area contributed by atoms with Gasteiger partial charge in [-0.3, -0.25) is 0 Å². The summed E-state index contributed by atoms with van der Waals surface area (Å²) in [7, 11) is 0. The van der Waals surface area contributed by atoms with E-state index in [1.807, 2.05) is 6.07 Å². The van der Waals surface area contributed by atoms with Crippen molar-refractivity contribution >= 4 is 29.4 Å². The maximum atomic E-state index is 12.0. The monoisotopic (exact) mass is 277 g/mol. The molecule has 2 N–H and O–H groups in total. The fourth-order valence-corrected chi connectivity index (χ4v) is 2.87. The fraction of sp³-hybridized carbons (Fsp3) is 0.250. The van der Waals surface area contributed by atoms with Gasteiger partial charge in [0.1, 0.15) is 12.1 Å². The summed E-state index contributed by atoms with van der Waals surface area (Å²) >= 11 is 1.39. The molecule has 98 valence electrons. The molecule has 1 unspecified atom stereocenters. The van der Waals surface area contributed by atoms with Crippen LogP contribution in [0.4, 0.5) is 10.5 Å². The van der Waals surface area contributed by atoms with Crippen molar-refractivity contribution in [2.45, 2.75) is 6.04 Å². The van der Waals surface area contributed by atoms with Gasteiger partial charge in [-0.15, -0.1) is 11.8 Å². The Hall–Kier alpha value is -2.20. The molecule has 1 aliphatic rings. The Morgan fingerprint density at radius 3 is 2.89 bits per heavy atom. The van der Waals surface area contributed by atoms with Gasteiger partial charge in [-0.1, -0.05) is 12.1 Å². The Morgan fingerprint density at radius 2 is 2.21 bits per heavy atom. The largest absolute Gasteiger partial charge is 0.480 e. The molecule has 1 aromatic carbocycles. The molecule has 7 heteroatoms. The predicted molar refractivity (Wildman–Crippen MR) is 70.8 cm³/mol. The van der Waals surface area contributed by atoms with Crippen molar-refractivity contribution in [3.05, 3.63) is 29.8 Å². The first-order valence-corrected chi connectivity index (χ1v) is 6.66. The van der Waals surface area contributed by atoms with E-state index in [0.717, 1.165) is 0 Å². The smallest absolute Gasteiger partial charge is 0.327 e. The summed E-state index contributed by atoms with van der Waals surface area (Å²) in [6.07, 6.45) is 0. The lowest BCUT2D eigenvalue weighted by Gasteiger charge is -2.21. The first-order chi connectivity index (χ1) is 9.13. The number of nitriles is 1. The third-order valence-corrected chi connectivity index (χ3v) is 3.73. The Morgan fingerprint density at radius 1 is 1.47 bits per heavy atom. The van der Waals surface area contributed by atoms with E-state index < -0.39 is 18.0 Å². The number of benzene rings is 1. The zero-order valence-electron chi connectivity index (χ0n) is 9.87. The third kappa shape index (κ3) is 2.80. The maximum Gasteiger partial charge on any atom is 0.327 e. The second-order valence-corrected chi connectivity index (χ2v) is 4.91. The van der Waals surface area contributed by atoms with Gasteiger partial charge in [0.05, 0.1) is 17.1 Å². The highest BCUT2D eigenvalue weighted by Crippen LogP contribution is 2.23. The number of carbonyl (C=O) groups is 2. The summed E-state index contributed by atoms with van der Waals surface area (Å²) in [5.41, 5.74) is 0.727. The highest BCUT2D eigenvalue weighted by molar-refractivity contribution is 7.99. The van der Waals surface area contributed by atoms with Gasteiger partial charge >= 0.3 is 12.0 Å². The third-order valence-electron chi connectivity index (χ3n) is 2.72. The van der Waals surface area contributed by atoms with Crippen molar-refractivity contribution in [1.29, 1.82) is 5.26 Å². The van der Waals surface area contributed by atoms with Crippen LogP contribution in [-0.2, 0) is 4.79 Å². The lowest BCUT2D eigenvalue weighted by atomic mass is 10.2. The van der Waals surface area contributed by atoms with Crippen molar-refractivity contribution in [3.8, 4) is 6.07 Å². The zero-order valence-corrected chi connectivity index (χ0v) is 10.7. The van der Waals surface area contributed by atoms with Gasteiger partial charge in [-0.05, 0) is 12.1 Å².